The van der Waals surface area contributed by atoms with Crippen LogP contribution in [0.3, 0.4) is 0 Å². The minimum atomic E-state index is -1.05. The van der Waals surface area contributed by atoms with Gasteiger partial charge in [0, 0.05) is 19.0 Å². The Bertz CT molecular complexity index is 652. The van der Waals surface area contributed by atoms with Gasteiger partial charge < -0.3 is 9.84 Å². The average Bonchev–Trinajstić information content (AvgIpc) is 3.11. The molecule has 1 saturated heterocycles. The summed E-state index contributed by atoms with van der Waals surface area (Å²) in [5, 5.41) is 10.5. The van der Waals surface area contributed by atoms with Crippen LogP contribution < -0.4 is 0 Å². The second kappa shape index (κ2) is 8.12. The van der Waals surface area contributed by atoms with Crippen LogP contribution >= 0.6 is 0 Å². The number of hydrogen-bond donors (Lipinski definition) is 1. The number of morpholine rings is 1. The number of ether oxygens (including phenoxy) is 1. The van der Waals surface area contributed by atoms with Gasteiger partial charge in [0.1, 0.15) is 12.5 Å². The van der Waals surface area contributed by atoms with Crippen LogP contribution in [0.1, 0.15) is 64.7 Å². The van der Waals surface area contributed by atoms with Gasteiger partial charge in [-0.1, -0.05) is 6.92 Å². The van der Waals surface area contributed by atoms with Gasteiger partial charge in [0.2, 0.25) is 0 Å². The molecule has 170 valence electrons. The number of aliphatic hydroxyl groups is 1. The number of hydrogen-bond acceptors (Lipinski definition) is 4. The number of Topliss-reactive ketones (excluding diaryl/α,β-unsaturated/α-hetero) is 1. The molecule has 0 unspecified atom stereocenters. The molecule has 1 N–H and O–H groups in total. The van der Waals surface area contributed by atoms with Crippen molar-refractivity contribution in [1.82, 2.24) is 4.90 Å². The Balaban J connectivity index is 1.27. The topological polar surface area (TPSA) is 49.8 Å². The molecular formula is C25H40FNO3. The highest BCUT2D eigenvalue weighted by molar-refractivity contribution is 5.84. The van der Waals surface area contributed by atoms with E-state index >= 15 is 0 Å². The molecule has 5 rings (SSSR count). The number of halogens is 1. The van der Waals surface area contributed by atoms with Crippen molar-refractivity contribution in [2.24, 2.45) is 40.9 Å². The Morgan fingerprint density at radius 3 is 2.57 bits per heavy atom. The number of ketones is 1. The van der Waals surface area contributed by atoms with Gasteiger partial charge in [-0.3, -0.25) is 9.69 Å². The second-order valence-electron chi connectivity index (χ2n) is 11.6. The van der Waals surface area contributed by atoms with Crippen LogP contribution in [0.4, 0.5) is 4.39 Å². The molecule has 0 aromatic carbocycles. The van der Waals surface area contributed by atoms with Crippen LogP contribution in [0.25, 0.3) is 0 Å². The van der Waals surface area contributed by atoms with E-state index in [1.54, 1.807) is 0 Å². The maximum atomic E-state index is 13.4. The van der Waals surface area contributed by atoms with Crippen molar-refractivity contribution in [3.05, 3.63) is 0 Å². The molecule has 0 bridgehead atoms. The smallest absolute Gasteiger partial charge is 0.150 e. The standard InChI is InChI=1S/C25H40FNO3/c1-24-8-6-19-18-7-9-25(29,16-26)14-17(18)2-3-20(19)21(24)4-5-22(24)23(28)15-27-10-12-30-13-11-27/h17-22,29H,2-16H2,1H3/t17-,18+,19-,20-,21+,22-,24+,25-/m1/s1. The van der Waals surface area contributed by atoms with Gasteiger partial charge in [-0.15, -0.1) is 0 Å². The summed E-state index contributed by atoms with van der Waals surface area (Å²) < 4.78 is 18.8. The van der Waals surface area contributed by atoms with Crippen LogP contribution in [0.5, 0.6) is 0 Å². The number of carbonyl (C=O) groups is 1. The molecule has 1 aliphatic heterocycles. The second-order valence-corrected chi connectivity index (χ2v) is 11.6. The number of rotatable bonds is 4. The third-order valence-electron chi connectivity index (χ3n) is 10.2. The summed E-state index contributed by atoms with van der Waals surface area (Å²) in [5.74, 6) is 4.03. The summed E-state index contributed by atoms with van der Waals surface area (Å²) in [4.78, 5) is 15.6. The van der Waals surface area contributed by atoms with E-state index < -0.39 is 12.3 Å². The van der Waals surface area contributed by atoms with Gasteiger partial charge >= 0.3 is 0 Å². The van der Waals surface area contributed by atoms with Crippen LogP contribution in [-0.2, 0) is 9.53 Å². The fourth-order valence-electron chi connectivity index (χ4n) is 8.70. The van der Waals surface area contributed by atoms with E-state index in [-0.39, 0.29) is 11.3 Å². The molecule has 0 radical (unpaired) electrons. The van der Waals surface area contributed by atoms with Gasteiger partial charge in [0.05, 0.1) is 25.4 Å². The van der Waals surface area contributed by atoms with Crippen molar-refractivity contribution in [2.45, 2.75) is 70.3 Å². The monoisotopic (exact) mass is 421 g/mol. The Kier molecular flexibility index (Phi) is 5.77. The Labute approximate surface area is 180 Å². The van der Waals surface area contributed by atoms with Gasteiger partial charge in [-0.05, 0) is 92.8 Å². The first-order chi connectivity index (χ1) is 14.4. The van der Waals surface area contributed by atoms with Crippen LogP contribution in [0.15, 0.2) is 0 Å². The minimum absolute atomic E-state index is 0.172. The molecule has 0 spiro atoms. The third kappa shape index (κ3) is 3.57. The van der Waals surface area contributed by atoms with Crippen molar-refractivity contribution >= 4 is 5.78 Å². The van der Waals surface area contributed by atoms with E-state index in [1.165, 1.54) is 25.7 Å². The van der Waals surface area contributed by atoms with Crippen molar-refractivity contribution in [3.8, 4) is 0 Å². The number of alkyl halides is 1. The summed E-state index contributed by atoms with van der Waals surface area (Å²) in [6, 6.07) is 0. The first-order valence-corrected chi connectivity index (χ1v) is 12.5. The lowest BCUT2D eigenvalue weighted by atomic mass is 9.49. The molecule has 8 atom stereocenters. The molecule has 4 nitrogen and oxygen atoms in total. The van der Waals surface area contributed by atoms with E-state index in [0.29, 0.717) is 42.9 Å². The van der Waals surface area contributed by atoms with Gasteiger partial charge in [0.25, 0.3) is 0 Å². The maximum absolute atomic E-state index is 13.4. The summed E-state index contributed by atoms with van der Waals surface area (Å²) in [6.45, 7) is 5.73. The molecule has 1 heterocycles. The highest BCUT2D eigenvalue weighted by Crippen LogP contribution is 2.64. The lowest BCUT2D eigenvalue weighted by Gasteiger charge is -2.57. The zero-order chi connectivity index (χ0) is 20.9. The molecule has 5 aliphatic rings. The summed E-state index contributed by atoms with van der Waals surface area (Å²) in [5.41, 5.74) is -0.882. The van der Waals surface area contributed by atoms with Crippen molar-refractivity contribution < 1.29 is 19.0 Å². The Morgan fingerprint density at radius 2 is 1.80 bits per heavy atom. The molecular weight excluding hydrogens is 381 g/mol. The molecule has 0 amide bonds. The maximum Gasteiger partial charge on any atom is 0.150 e. The van der Waals surface area contributed by atoms with Gasteiger partial charge in [-0.2, -0.15) is 0 Å². The SMILES string of the molecule is C[C@]12CC[C@H]3[C@@H](CC[C@@H]4C[C@@](O)(CF)CC[C@@H]43)[C@@H]1CC[C@@H]2C(=O)CN1CCOCC1. The normalized spacial score (nSPS) is 49.2. The van der Waals surface area contributed by atoms with Crippen molar-refractivity contribution in [2.75, 3.05) is 39.5 Å². The lowest BCUT2D eigenvalue weighted by molar-refractivity contribution is -0.135. The average molecular weight is 422 g/mol. The summed E-state index contributed by atoms with van der Waals surface area (Å²) >= 11 is 0. The van der Waals surface area contributed by atoms with Crippen molar-refractivity contribution in [1.29, 1.82) is 0 Å². The summed E-state index contributed by atoms with van der Waals surface area (Å²) in [6.07, 6.45) is 9.35. The molecule has 4 saturated carbocycles. The molecule has 4 aliphatic carbocycles. The van der Waals surface area contributed by atoms with E-state index in [2.05, 4.69) is 11.8 Å². The van der Waals surface area contributed by atoms with Crippen LogP contribution in [0.2, 0.25) is 0 Å². The highest BCUT2D eigenvalue weighted by Gasteiger charge is 2.59. The van der Waals surface area contributed by atoms with E-state index in [0.717, 1.165) is 57.4 Å². The lowest BCUT2D eigenvalue weighted by Crippen LogP contribution is -2.52. The first-order valence-electron chi connectivity index (χ1n) is 12.5. The summed E-state index contributed by atoms with van der Waals surface area (Å²) in [7, 11) is 0. The number of carbonyl (C=O) groups excluding carboxylic acids is 1. The largest absolute Gasteiger partial charge is 0.387 e. The predicted octanol–water partition coefficient (Wildman–Crippen LogP) is 3.86. The quantitative estimate of drug-likeness (QED) is 0.749. The number of fused-ring (bicyclic) bond motifs is 5. The van der Waals surface area contributed by atoms with Crippen LogP contribution in [0, 0.1) is 40.9 Å². The Hall–Kier alpha value is -0.520. The molecule has 30 heavy (non-hydrogen) atoms. The predicted molar refractivity (Wildman–Crippen MR) is 114 cm³/mol. The van der Waals surface area contributed by atoms with E-state index in [1.807, 2.05) is 0 Å². The van der Waals surface area contributed by atoms with E-state index in [9.17, 15) is 14.3 Å². The molecule has 0 aromatic rings. The minimum Gasteiger partial charge on any atom is -0.387 e. The zero-order valence-electron chi connectivity index (χ0n) is 18.7. The molecule has 0 aromatic heterocycles. The Morgan fingerprint density at radius 1 is 1.03 bits per heavy atom. The molecule has 5 fully saturated rings. The highest BCUT2D eigenvalue weighted by atomic mass is 19.1. The third-order valence-corrected chi connectivity index (χ3v) is 10.2. The first kappa shape index (κ1) is 21.3. The van der Waals surface area contributed by atoms with Gasteiger partial charge in [-0.25, -0.2) is 4.39 Å². The van der Waals surface area contributed by atoms with Gasteiger partial charge in [0.15, 0.2) is 0 Å². The fourth-order valence-corrected chi connectivity index (χ4v) is 8.70. The van der Waals surface area contributed by atoms with Crippen LogP contribution in [-0.4, -0.2) is 60.9 Å². The zero-order valence-corrected chi connectivity index (χ0v) is 18.7. The molecule has 5 heteroatoms. The fraction of sp³-hybridized carbons (Fsp3) is 0.960. The van der Waals surface area contributed by atoms with Crippen molar-refractivity contribution in [3.63, 3.8) is 0 Å². The van der Waals surface area contributed by atoms with E-state index in [4.69, 9.17) is 4.74 Å². The number of nitrogens with zero attached hydrogens (tertiary/aromatic N) is 1.